The zero-order valence-corrected chi connectivity index (χ0v) is 7.95. The van der Waals surface area contributed by atoms with Gasteiger partial charge in [0, 0.05) is 0 Å². The van der Waals surface area contributed by atoms with Crippen LogP contribution < -0.4 is 0 Å². The Kier molecular flexibility index (Phi) is 5.08. The van der Waals surface area contributed by atoms with Crippen LogP contribution in [0.3, 0.4) is 0 Å². The van der Waals surface area contributed by atoms with Crippen LogP contribution in [0.2, 0.25) is 6.32 Å². The minimum Gasteiger partial charge on any atom is -0.0893 e. The zero-order chi connectivity index (χ0) is 9.36. The van der Waals surface area contributed by atoms with Crippen molar-refractivity contribution in [2.24, 2.45) is 0 Å². The molecule has 0 aliphatic rings. The molecule has 0 heterocycles. The van der Waals surface area contributed by atoms with Gasteiger partial charge in [0.05, 0.1) is 7.85 Å². The lowest BCUT2D eigenvalue weighted by Crippen LogP contribution is -1.81. The molecule has 13 heavy (non-hydrogen) atoms. The van der Waals surface area contributed by atoms with Gasteiger partial charge in [-0.05, 0) is 24.8 Å². The third-order valence-electron chi connectivity index (χ3n) is 1.94. The van der Waals surface area contributed by atoms with Gasteiger partial charge in [0.2, 0.25) is 0 Å². The molecule has 0 atom stereocenters. The van der Waals surface area contributed by atoms with Crippen LogP contribution in [0.25, 0.3) is 0 Å². The Balaban J connectivity index is 2.20. The molecule has 1 rings (SSSR count). The maximum Gasteiger partial charge on any atom is 0.0657 e. The molecule has 0 unspecified atom stereocenters. The quantitative estimate of drug-likeness (QED) is 0.470. The van der Waals surface area contributed by atoms with E-state index in [1.54, 1.807) is 0 Å². The van der Waals surface area contributed by atoms with Gasteiger partial charge in [-0.3, -0.25) is 0 Å². The number of aryl methyl sites for hydroxylation is 1. The van der Waals surface area contributed by atoms with Crippen molar-refractivity contribution in [3.63, 3.8) is 0 Å². The standard InChI is InChI=1S/C12H15B/c13-11-7-2-1-4-8-12-9-5-3-6-10-12/h1-3,5-6,9-10H,4,7-8,11H2. The third-order valence-corrected chi connectivity index (χ3v) is 1.94. The molecule has 1 heteroatoms. The summed E-state index contributed by atoms with van der Waals surface area (Å²) in [6.45, 7) is 0. The van der Waals surface area contributed by atoms with E-state index in [1.807, 2.05) is 6.07 Å². The van der Waals surface area contributed by atoms with E-state index in [9.17, 15) is 0 Å². The summed E-state index contributed by atoms with van der Waals surface area (Å²) >= 11 is 0. The first-order chi connectivity index (χ1) is 6.43. The second-order valence-electron chi connectivity index (χ2n) is 3.07. The number of allylic oxidation sites excluding steroid dienone is 2. The van der Waals surface area contributed by atoms with Gasteiger partial charge in [0.25, 0.3) is 0 Å². The molecular formula is C12H15B. The normalized spacial score (nSPS) is 10.8. The number of benzene rings is 1. The predicted octanol–water partition coefficient (Wildman–Crippen LogP) is 3.15. The predicted molar refractivity (Wildman–Crippen MR) is 59.1 cm³/mol. The number of hydrogen-bond donors (Lipinski definition) is 0. The Morgan fingerprint density at radius 1 is 1.00 bits per heavy atom. The largest absolute Gasteiger partial charge is 0.0893 e. The summed E-state index contributed by atoms with van der Waals surface area (Å²) in [5.74, 6) is 0. The van der Waals surface area contributed by atoms with Crippen molar-refractivity contribution in [3.8, 4) is 0 Å². The lowest BCUT2D eigenvalue weighted by molar-refractivity contribution is 0.992. The summed E-state index contributed by atoms with van der Waals surface area (Å²) < 4.78 is 0. The van der Waals surface area contributed by atoms with Crippen LogP contribution in [0.1, 0.15) is 18.4 Å². The maximum absolute atomic E-state index is 5.37. The fourth-order valence-corrected chi connectivity index (χ4v) is 1.23. The van der Waals surface area contributed by atoms with Crippen LogP contribution in [0, 0.1) is 0 Å². The van der Waals surface area contributed by atoms with Crippen molar-refractivity contribution in [3.05, 3.63) is 48.0 Å². The number of hydrogen-bond acceptors (Lipinski definition) is 0. The van der Waals surface area contributed by atoms with E-state index in [-0.39, 0.29) is 0 Å². The molecule has 1 aromatic carbocycles. The Bertz CT molecular complexity index is 239. The Morgan fingerprint density at radius 2 is 1.69 bits per heavy atom. The Morgan fingerprint density at radius 3 is 2.38 bits per heavy atom. The van der Waals surface area contributed by atoms with Crippen molar-refractivity contribution in [2.75, 3.05) is 0 Å². The smallest absolute Gasteiger partial charge is 0.0657 e. The minimum atomic E-state index is 0.752. The molecule has 0 saturated carbocycles. The van der Waals surface area contributed by atoms with Gasteiger partial charge in [-0.15, -0.1) is 0 Å². The van der Waals surface area contributed by atoms with E-state index < -0.39 is 0 Å². The summed E-state index contributed by atoms with van der Waals surface area (Å²) in [6, 6.07) is 10.5. The van der Waals surface area contributed by atoms with E-state index >= 15 is 0 Å². The monoisotopic (exact) mass is 170 g/mol. The fraction of sp³-hybridized carbons (Fsp3) is 0.333. The van der Waals surface area contributed by atoms with Crippen LogP contribution in [-0.4, -0.2) is 7.85 Å². The lowest BCUT2D eigenvalue weighted by atomic mass is 10.0. The van der Waals surface area contributed by atoms with E-state index in [0.29, 0.717) is 0 Å². The molecule has 66 valence electrons. The van der Waals surface area contributed by atoms with Gasteiger partial charge in [-0.1, -0.05) is 48.8 Å². The molecule has 0 aliphatic heterocycles. The zero-order valence-electron chi connectivity index (χ0n) is 7.95. The second kappa shape index (κ2) is 6.53. The highest BCUT2D eigenvalue weighted by molar-refractivity contribution is 6.08. The Labute approximate surface area is 82.1 Å². The van der Waals surface area contributed by atoms with Crippen molar-refractivity contribution in [1.82, 2.24) is 0 Å². The first-order valence-corrected chi connectivity index (χ1v) is 4.82. The van der Waals surface area contributed by atoms with Crippen molar-refractivity contribution >= 4 is 7.85 Å². The molecule has 2 radical (unpaired) electrons. The first-order valence-electron chi connectivity index (χ1n) is 4.82. The van der Waals surface area contributed by atoms with Crippen LogP contribution in [0.4, 0.5) is 0 Å². The molecule has 0 N–H and O–H groups in total. The SMILES string of the molecule is [B]CCC=CCCc1ccccc1. The van der Waals surface area contributed by atoms with Crippen LogP contribution >= 0.6 is 0 Å². The average Bonchev–Trinajstić information content (AvgIpc) is 2.19. The lowest BCUT2D eigenvalue weighted by Gasteiger charge is -1.95. The average molecular weight is 170 g/mol. The molecular weight excluding hydrogens is 155 g/mol. The van der Waals surface area contributed by atoms with E-state index in [1.165, 1.54) is 5.56 Å². The molecule has 0 spiro atoms. The number of rotatable bonds is 5. The van der Waals surface area contributed by atoms with Gasteiger partial charge < -0.3 is 0 Å². The van der Waals surface area contributed by atoms with Gasteiger partial charge in [-0.2, -0.15) is 0 Å². The van der Waals surface area contributed by atoms with Crippen LogP contribution in [0.15, 0.2) is 42.5 Å². The first kappa shape index (κ1) is 10.1. The maximum atomic E-state index is 5.37. The summed E-state index contributed by atoms with van der Waals surface area (Å²) in [7, 11) is 5.37. The van der Waals surface area contributed by atoms with Gasteiger partial charge in [0.1, 0.15) is 0 Å². The van der Waals surface area contributed by atoms with Gasteiger partial charge in [0.15, 0.2) is 0 Å². The molecule has 0 nitrogen and oxygen atoms in total. The summed E-state index contributed by atoms with van der Waals surface area (Å²) in [5.41, 5.74) is 1.40. The van der Waals surface area contributed by atoms with Crippen molar-refractivity contribution < 1.29 is 0 Å². The molecule has 0 aliphatic carbocycles. The van der Waals surface area contributed by atoms with Crippen LogP contribution in [-0.2, 0) is 6.42 Å². The van der Waals surface area contributed by atoms with Crippen LogP contribution in [0.5, 0.6) is 0 Å². The van der Waals surface area contributed by atoms with E-state index in [2.05, 4.69) is 36.4 Å². The highest BCUT2D eigenvalue weighted by atomic mass is 13.9. The van der Waals surface area contributed by atoms with Crippen molar-refractivity contribution in [1.29, 1.82) is 0 Å². The third kappa shape index (κ3) is 4.57. The summed E-state index contributed by atoms with van der Waals surface area (Å²) in [5, 5.41) is 0. The molecule has 0 bridgehead atoms. The Hall–Kier alpha value is -0.975. The van der Waals surface area contributed by atoms with Gasteiger partial charge >= 0.3 is 0 Å². The summed E-state index contributed by atoms with van der Waals surface area (Å²) in [4.78, 5) is 0. The highest BCUT2D eigenvalue weighted by Gasteiger charge is 1.87. The molecule has 0 amide bonds. The van der Waals surface area contributed by atoms with Crippen molar-refractivity contribution in [2.45, 2.75) is 25.6 Å². The van der Waals surface area contributed by atoms with Gasteiger partial charge in [-0.25, -0.2) is 0 Å². The summed E-state index contributed by atoms with van der Waals surface area (Å²) in [6.07, 6.45) is 8.35. The van der Waals surface area contributed by atoms with E-state index in [0.717, 1.165) is 25.6 Å². The molecule has 0 saturated heterocycles. The molecule has 1 aromatic rings. The minimum absolute atomic E-state index is 0.752. The highest BCUT2D eigenvalue weighted by Crippen LogP contribution is 2.03. The second-order valence-corrected chi connectivity index (χ2v) is 3.07. The molecule has 0 fully saturated rings. The fourth-order valence-electron chi connectivity index (χ4n) is 1.23. The molecule has 0 aromatic heterocycles. The van der Waals surface area contributed by atoms with E-state index in [4.69, 9.17) is 7.85 Å². The topological polar surface area (TPSA) is 0 Å².